The fourth-order valence-corrected chi connectivity index (χ4v) is 3.43. The second kappa shape index (κ2) is 6.07. The van der Waals surface area contributed by atoms with Crippen molar-refractivity contribution in [2.45, 2.75) is 32.6 Å². The van der Waals surface area contributed by atoms with Crippen LogP contribution in [0.4, 0.5) is 10.9 Å². The van der Waals surface area contributed by atoms with Gasteiger partial charge in [0, 0.05) is 29.6 Å². The van der Waals surface area contributed by atoms with E-state index < -0.39 is 0 Å². The lowest BCUT2D eigenvalue weighted by Crippen LogP contribution is -2.31. The van der Waals surface area contributed by atoms with E-state index in [2.05, 4.69) is 27.2 Å². The van der Waals surface area contributed by atoms with Gasteiger partial charge in [0.25, 0.3) is 0 Å². The molecular weight excluding hydrogens is 282 g/mol. The maximum absolute atomic E-state index is 4.71. The van der Waals surface area contributed by atoms with E-state index in [-0.39, 0.29) is 0 Å². The average molecular weight is 303 g/mol. The second-order valence-corrected chi connectivity index (χ2v) is 6.63. The number of nitrogens with zero attached hydrogens (tertiary/aromatic N) is 4. The second-order valence-electron chi connectivity index (χ2n) is 5.77. The average Bonchev–Trinajstić information content (AvgIpc) is 2.83. The monoisotopic (exact) mass is 303 g/mol. The molecule has 0 aliphatic carbocycles. The van der Waals surface area contributed by atoms with E-state index in [0.717, 1.165) is 34.7 Å². The first-order valence-corrected chi connectivity index (χ1v) is 8.21. The summed E-state index contributed by atoms with van der Waals surface area (Å²) in [4.78, 5) is 16.1. The highest BCUT2D eigenvalue weighted by Crippen LogP contribution is 2.26. The van der Waals surface area contributed by atoms with Gasteiger partial charge >= 0.3 is 0 Å². The van der Waals surface area contributed by atoms with Crippen LogP contribution in [0.25, 0.3) is 0 Å². The number of hydrogen-bond acceptors (Lipinski definition) is 6. The van der Waals surface area contributed by atoms with Gasteiger partial charge in [0.1, 0.15) is 11.6 Å². The highest BCUT2D eigenvalue weighted by Gasteiger charge is 2.22. The van der Waals surface area contributed by atoms with Crippen LogP contribution in [0.5, 0.6) is 0 Å². The Bertz CT molecular complexity index is 624. The number of thiazole rings is 1. The summed E-state index contributed by atoms with van der Waals surface area (Å²) in [6.07, 6.45) is 2.39. The van der Waals surface area contributed by atoms with Crippen LogP contribution in [0, 0.1) is 13.8 Å². The third-order valence-corrected chi connectivity index (χ3v) is 4.59. The van der Waals surface area contributed by atoms with E-state index in [1.165, 1.54) is 19.4 Å². The normalized spacial score (nSPS) is 19.7. The van der Waals surface area contributed by atoms with Crippen molar-refractivity contribution in [3.05, 3.63) is 28.7 Å². The molecule has 0 bridgehead atoms. The molecule has 2 aromatic rings. The summed E-state index contributed by atoms with van der Waals surface area (Å²) in [6, 6.07) is 1.98. The molecule has 0 saturated carbocycles. The van der Waals surface area contributed by atoms with E-state index in [9.17, 15) is 0 Å². The lowest BCUT2D eigenvalue weighted by atomic mass is 9.97. The summed E-state index contributed by atoms with van der Waals surface area (Å²) in [6.45, 7) is 6.23. The van der Waals surface area contributed by atoms with Crippen LogP contribution in [-0.4, -0.2) is 40.0 Å². The zero-order chi connectivity index (χ0) is 14.8. The number of piperidine rings is 1. The van der Waals surface area contributed by atoms with E-state index in [1.54, 1.807) is 11.3 Å². The van der Waals surface area contributed by atoms with Crippen molar-refractivity contribution in [1.82, 2.24) is 19.9 Å². The molecule has 112 valence electrons. The third kappa shape index (κ3) is 3.57. The third-order valence-electron chi connectivity index (χ3n) is 3.72. The molecule has 0 aromatic carbocycles. The Morgan fingerprint density at radius 2 is 2.10 bits per heavy atom. The van der Waals surface area contributed by atoms with Gasteiger partial charge in [0.05, 0.1) is 5.69 Å². The molecule has 1 aliphatic rings. The molecule has 0 amide bonds. The molecule has 1 fully saturated rings. The standard InChI is InChI=1S/C15H21N5S/c1-10-7-13(19-15-17-11(2)9-21-15)18-14(16-10)12-5-4-6-20(3)8-12/h7,9,12H,4-6,8H2,1-3H3,(H,16,17,18,19)/t12-/m1/s1. The maximum atomic E-state index is 4.71. The Kier molecular flexibility index (Phi) is 4.17. The zero-order valence-electron chi connectivity index (χ0n) is 12.8. The van der Waals surface area contributed by atoms with Crippen LogP contribution < -0.4 is 5.32 Å². The Morgan fingerprint density at radius 1 is 1.24 bits per heavy atom. The number of hydrogen-bond donors (Lipinski definition) is 1. The molecule has 3 rings (SSSR count). The number of likely N-dealkylation sites (tertiary alicyclic amines) is 1. The van der Waals surface area contributed by atoms with E-state index >= 15 is 0 Å². The lowest BCUT2D eigenvalue weighted by molar-refractivity contribution is 0.246. The molecule has 6 heteroatoms. The molecule has 1 atom stereocenters. The number of anilines is 2. The number of rotatable bonds is 3. The molecule has 0 spiro atoms. The summed E-state index contributed by atoms with van der Waals surface area (Å²) in [7, 11) is 2.17. The fourth-order valence-electron chi connectivity index (χ4n) is 2.74. The van der Waals surface area contributed by atoms with E-state index in [1.807, 2.05) is 25.3 Å². The predicted octanol–water partition coefficient (Wildman–Crippen LogP) is 3.10. The first-order chi connectivity index (χ1) is 10.1. The van der Waals surface area contributed by atoms with Gasteiger partial charge in [0.2, 0.25) is 0 Å². The molecule has 1 N–H and O–H groups in total. The first kappa shape index (κ1) is 14.4. The highest BCUT2D eigenvalue weighted by molar-refractivity contribution is 7.13. The van der Waals surface area contributed by atoms with Crippen molar-refractivity contribution < 1.29 is 0 Å². The number of aryl methyl sites for hydroxylation is 2. The van der Waals surface area contributed by atoms with Crippen LogP contribution in [0.2, 0.25) is 0 Å². The molecule has 1 saturated heterocycles. The minimum absolute atomic E-state index is 0.433. The Labute approximate surface area is 129 Å². The summed E-state index contributed by atoms with van der Waals surface area (Å²) < 4.78 is 0. The molecule has 0 unspecified atom stereocenters. The van der Waals surface area contributed by atoms with Gasteiger partial charge < -0.3 is 10.2 Å². The Hall–Kier alpha value is -1.53. The summed E-state index contributed by atoms with van der Waals surface area (Å²) >= 11 is 1.60. The van der Waals surface area contributed by atoms with Crippen molar-refractivity contribution in [3.8, 4) is 0 Å². The van der Waals surface area contributed by atoms with Crippen molar-refractivity contribution in [2.24, 2.45) is 0 Å². The van der Waals surface area contributed by atoms with Gasteiger partial charge in [-0.2, -0.15) is 0 Å². The summed E-state index contributed by atoms with van der Waals surface area (Å²) in [5, 5.41) is 6.22. The molecule has 5 nitrogen and oxygen atoms in total. The molecule has 3 heterocycles. The topological polar surface area (TPSA) is 53.9 Å². The summed E-state index contributed by atoms with van der Waals surface area (Å²) in [5.74, 6) is 2.24. The van der Waals surface area contributed by atoms with E-state index in [4.69, 9.17) is 4.98 Å². The first-order valence-electron chi connectivity index (χ1n) is 7.33. The minimum atomic E-state index is 0.433. The van der Waals surface area contributed by atoms with E-state index in [0.29, 0.717) is 5.92 Å². The van der Waals surface area contributed by atoms with Gasteiger partial charge in [-0.05, 0) is 40.3 Å². The fraction of sp³-hybridized carbons (Fsp3) is 0.533. The van der Waals surface area contributed by atoms with Crippen LogP contribution in [-0.2, 0) is 0 Å². The summed E-state index contributed by atoms with van der Waals surface area (Å²) in [5.41, 5.74) is 2.03. The van der Waals surface area contributed by atoms with Crippen LogP contribution in [0.15, 0.2) is 11.4 Å². The quantitative estimate of drug-likeness (QED) is 0.944. The maximum Gasteiger partial charge on any atom is 0.188 e. The zero-order valence-corrected chi connectivity index (χ0v) is 13.6. The van der Waals surface area contributed by atoms with Gasteiger partial charge in [-0.25, -0.2) is 15.0 Å². The van der Waals surface area contributed by atoms with Crippen LogP contribution in [0.1, 0.15) is 36.0 Å². The van der Waals surface area contributed by atoms with Gasteiger partial charge in [0.15, 0.2) is 5.13 Å². The number of aromatic nitrogens is 3. The molecule has 21 heavy (non-hydrogen) atoms. The lowest BCUT2D eigenvalue weighted by Gasteiger charge is -2.28. The Balaban J connectivity index is 1.82. The highest BCUT2D eigenvalue weighted by atomic mass is 32.1. The molecular formula is C15H21N5S. The van der Waals surface area contributed by atoms with Crippen molar-refractivity contribution in [3.63, 3.8) is 0 Å². The van der Waals surface area contributed by atoms with Gasteiger partial charge in [-0.1, -0.05) is 0 Å². The predicted molar refractivity (Wildman–Crippen MR) is 86.4 cm³/mol. The number of nitrogens with one attached hydrogen (secondary N) is 1. The SMILES string of the molecule is Cc1cc(Nc2nc(C)cs2)nc([C@@H]2CCCN(C)C2)n1. The van der Waals surface area contributed by atoms with Crippen molar-refractivity contribution in [2.75, 3.05) is 25.5 Å². The van der Waals surface area contributed by atoms with Crippen LogP contribution in [0.3, 0.4) is 0 Å². The largest absolute Gasteiger partial charge is 0.316 e. The molecule has 1 aliphatic heterocycles. The van der Waals surface area contributed by atoms with Crippen molar-refractivity contribution in [1.29, 1.82) is 0 Å². The van der Waals surface area contributed by atoms with Gasteiger partial charge in [-0.3, -0.25) is 0 Å². The minimum Gasteiger partial charge on any atom is -0.316 e. The molecule has 0 radical (unpaired) electrons. The number of likely N-dealkylation sites (N-methyl/N-ethyl adjacent to an activating group) is 1. The smallest absolute Gasteiger partial charge is 0.188 e. The van der Waals surface area contributed by atoms with Gasteiger partial charge in [-0.15, -0.1) is 11.3 Å². The Morgan fingerprint density at radius 3 is 2.81 bits per heavy atom. The van der Waals surface area contributed by atoms with Crippen LogP contribution >= 0.6 is 11.3 Å². The molecule has 2 aromatic heterocycles. The van der Waals surface area contributed by atoms with Crippen molar-refractivity contribution >= 4 is 22.3 Å².